The van der Waals surface area contributed by atoms with E-state index < -0.39 is 29.4 Å². The van der Waals surface area contributed by atoms with Gasteiger partial charge in [0.15, 0.2) is 0 Å². The van der Waals surface area contributed by atoms with Crippen molar-refractivity contribution in [2.24, 2.45) is 5.10 Å². The zero-order valence-corrected chi connectivity index (χ0v) is 22.7. The van der Waals surface area contributed by atoms with Crippen LogP contribution in [0.25, 0.3) is 6.08 Å². The molecule has 0 radical (unpaired) electrons. The van der Waals surface area contributed by atoms with Gasteiger partial charge in [-0.25, -0.2) is 19.0 Å². The summed E-state index contributed by atoms with van der Waals surface area (Å²) in [5, 5.41) is 6.47. The van der Waals surface area contributed by atoms with E-state index in [0.29, 0.717) is 11.1 Å². The van der Waals surface area contributed by atoms with E-state index in [2.05, 4.69) is 15.8 Å². The quantitative estimate of drug-likeness (QED) is 0.0954. The SMILES string of the molecule is CN(C)c1ccc(/C=C(\NC(=O)c2cccc(F)c2)C(=O)N/N=C\c2cccc(OC(=O)c3cccc(F)c3)c2)cc1. The topological polar surface area (TPSA) is 100 Å². The van der Waals surface area contributed by atoms with Crippen LogP contribution in [0, 0.1) is 11.6 Å². The molecule has 0 saturated carbocycles. The fraction of sp³-hybridized carbons (Fsp3) is 0.0625. The van der Waals surface area contributed by atoms with Crippen molar-refractivity contribution in [3.05, 3.63) is 137 Å². The first-order valence-electron chi connectivity index (χ1n) is 12.6. The molecule has 0 aliphatic rings. The number of amides is 2. The third-order valence-electron chi connectivity index (χ3n) is 5.81. The van der Waals surface area contributed by atoms with Crippen LogP contribution in [0.3, 0.4) is 0 Å². The smallest absolute Gasteiger partial charge is 0.343 e. The van der Waals surface area contributed by atoms with Crippen molar-refractivity contribution in [3.63, 3.8) is 0 Å². The van der Waals surface area contributed by atoms with Gasteiger partial charge in [-0.1, -0.05) is 36.4 Å². The molecule has 0 aliphatic carbocycles. The molecule has 2 amide bonds. The first kappa shape index (κ1) is 29.3. The molecule has 0 unspecified atom stereocenters. The van der Waals surface area contributed by atoms with E-state index in [4.69, 9.17) is 4.74 Å². The average Bonchev–Trinajstić information content (AvgIpc) is 2.97. The Morgan fingerprint density at radius 1 is 0.786 bits per heavy atom. The Kier molecular flexibility index (Phi) is 9.52. The van der Waals surface area contributed by atoms with Gasteiger partial charge in [0.25, 0.3) is 11.8 Å². The van der Waals surface area contributed by atoms with Gasteiger partial charge < -0.3 is 15.0 Å². The van der Waals surface area contributed by atoms with Gasteiger partial charge in [0, 0.05) is 25.3 Å². The maximum atomic E-state index is 13.7. The number of hydrazone groups is 1. The number of nitrogens with one attached hydrogen (secondary N) is 2. The molecule has 0 aromatic heterocycles. The first-order valence-corrected chi connectivity index (χ1v) is 12.6. The summed E-state index contributed by atoms with van der Waals surface area (Å²) >= 11 is 0. The maximum Gasteiger partial charge on any atom is 0.343 e. The molecule has 4 rings (SSSR count). The normalized spacial score (nSPS) is 11.2. The number of carbonyl (C=O) groups excluding carboxylic acids is 3. The average molecular weight is 569 g/mol. The number of ether oxygens (including phenoxy) is 1. The van der Waals surface area contributed by atoms with Gasteiger partial charge in [0.1, 0.15) is 23.1 Å². The Morgan fingerprint density at radius 3 is 2.10 bits per heavy atom. The highest BCUT2D eigenvalue weighted by Crippen LogP contribution is 2.16. The lowest BCUT2D eigenvalue weighted by molar-refractivity contribution is -0.117. The van der Waals surface area contributed by atoms with Crippen molar-refractivity contribution < 1.29 is 27.9 Å². The van der Waals surface area contributed by atoms with Crippen molar-refractivity contribution in [3.8, 4) is 5.75 Å². The van der Waals surface area contributed by atoms with Gasteiger partial charge >= 0.3 is 5.97 Å². The van der Waals surface area contributed by atoms with Crippen LogP contribution in [0.1, 0.15) is 31.8 Å². The largest absolute Gasteiger partial charge is 0.423 e. The Hall–Kier alpha value is -5.64. The molecule has 212 valence electrons. The van der Waals surface area contributed by atoms with Crippen LogP contribution in [0.15, 0.2) is 108 Å². The van der Waals surface area contributed by atoms with Gasteiger partial charge in [-0.2, -0.15) is 5.10 Å². The number of rotatable bonds is 9. The Labute approximate surface area is 240 Å². The standard InChI is InChI=1S/C32H26F2N4O4/c1-38(2)27-14-12-21(13-15-27)17-29(36-30(39)23-7-4-9-25(33)18-23)31(40)37-35-20-22-6-3-11-28(16-22)42-32(41)24-8-5-10-26(34)19-24/h3-20H,1-2H3,(H,36,39)(H,37,40)/b29-17-,35-20-. The second kappa shape index (κ2) is 13.6. The van der Waals surface area contributed by atoms with Crippen LogP contribution in [0.5, 0.6) is 5.75 Å². The van der Waals surface area contributed by atoms with Crippen LogP contribution < -0.4 is 20.4 Å². The van der Waals surface area contributed by atoms with E-state index in [1.54, 1.807) is 24.3 Å². The lowest BCUT2D eigenvalue weighted by Gasteiger charge is -2.12. The molecule has 8 nitrogen and oxygen atoms in total. The molecule has 2 N–H and O–H groups in total. The predicted octanol–water partition coefficient (Wildman–Crippen LogP) is 5.17. The van der Waals surface area contributed by atoms with E-state index >= 15 is 0 Å². The minimum Gasteiger partial charge on any atom is -0.423 e. The number of hydrogen-bond acceptors (Lipinski definition) is 6. The number of benzene rings is 4. The molecule has 0 atom stereocenters. The summed E-state index contributed by atoms with van der Waals surface area (Å²) in [6, 6.07) is 23.8. The molecule has 0 spiro atoms. The third kappa shape index (κ3) is 8.18. The summed E-state index contributed by atoms with van der Waals surface area (Å²) in [4.78, 5) is 40.1. The molecule has 4 aromatic carbocycles. The van der Waals surface area contributed by atoms with Crippen molar-refractivity contribution in [2.45, 2.75) is 0 Å². The fourth-order valence-corrected chi connectivity index (χ4v) is 3.68. The summed E-state index contributed by atoms with van der Waals surface area (Å²) in [6.07, 6.45) is 2.78. The van der Waals surface area contributed by atoms with E-state index in [1.165, 1.54) is 60.8 Å². The van der Waals surface area contributed by atoms with Crippen LogP contribution in [-0.4, -0.2) is 38.1 Å². The maximum absolute atomic E-state index is 13.7. The lowest BCUT2D eigenvalue weighted by Crippen LogP contribution is -2.32. The molecule has 0 bridgehead atoms. The number of anilines is 1. The molecular formula is C32H26F2N4O4. The van der Waals surface area contributed by atoms with Crippen LogP contribution in [0.4, 0.5) is 14.5 Å². The molecule has 42 heavy (non-hydrogen) atoms. The third-order valence-corrected chi connectivity index (χ3v) is 5.81. The van der Waals surface area contributed by atoms with E-state index in [9.17, 15) is 23.2 Å². The van der Waals surface area contributed by atoms with Gasteiger partial charge in [-0.15, -0.1) is 0 Å². The lowest BCUT2D eigenvalue weighted by atomic mass is 10.1. The number of halogens is 2. The van der Waals surface area contributed by atoms with Crippen LogP contribution in [0.2, 0.25) is 0 Å². The monoisotopic (exact) mass is 568 g/mol. The van der Waals surface area contributed by atoms with Gasteiger partial charge in [0.2, 0.25) is 0 Å². The Morgan fingerprint density at radius 2 is 1.43 bits per heavy atom. The zero-order valence-electron chi connectivity index (χ0n) is 22.7. The van der Waals surface area contributed by atoms with E-state index in [-0.39, 0.29) is 22.6 Å². The number of esters is 1. The molecule has 10 heteroatoms. The minimum atomic E-state index is -0.737. The van der Waals surface area contributed by atoms with Gasteiger partial charge in [-0.05, 0) is 77.9 Å². The van der Waals surface area contributed by atoms with Crippen molar-refractivity contribution in [1.82, 2.24) is 10.7 Å². The highest BCUT2D eigenvalue weighted by atomic mass is 19.1. The van der Waals surface area contributed by atoms with E-state index in [0.717, 1.165) is 17.8 Å². The summed E-state index contributed by atoms with van der Waals surface area (Å²) in [5.41, 5.74) is 4.36. The molecule has 0 fully saturated rings. The Bertz CT molecular complexity index is 1670. The number of carbonyl (C=O) groups is 3. The van der Waals surface area contributed by atoms with Crippen molar-refractivity contribution in [1.29, 1.82) is 0 Å². The first-order chi connectivity index (χ1) is 20.2. The zero-order chi connectivity index (χ0) is 30.1. The summed E-state index contributed by atoms with van der Waals surface area (Å²) in [5.74, 6) is -3.13. The van der Waals surface area contributed by atoms with Crippen LogP contribution in [-0.2, 0) is 4.79 Å². The molecule has 0 saturated heterocycles. The molecule has 0 heterocycles. The van der Waals surface area contributed by atoms with E-state index in [1.807, 2.05) is 31.1 Å². The minimum absolute atomic E-state index is 0.0322. The highest BCUT2D eigenvalue weighted by molar-refractivity contribution is 6.05. The number of nitrogens with zero attached hydrogens (tertiary/aromatic N) is 2. The van der Waals surface area contributed by atoms with Gasteiger partial charge in [0.05, 0.1) is 11.8 Å². The fourth-order valence-electron chi connectivity index (χ4n) is 3.68. The molecular weight excluding hydrogens is 542 g/mol. The Balaban J connectivity index is 1.49. The summed E-state index contributed by atoms with van der Waals surface area (Å²) in [7, 11) is 3.79. The van der Waals surface area contributed by atoms with Crippen molar-refractivity contribution in [2.75, 3.05) is 19.0 Å². The predicted molar refractivity (Wildman–Crippen MR) is 156 cm³/mol. The van der Waals surface area contributed by atoms with Crippen molar-refractivity contribution >= 4 is 35.8 Å². The summed E-state index contributed by atoms with van der Waals surface area (Å²) < 4.78 is 32.4. The number of hydrogen-bond donors (Lipinski definition) is 2. The molecule has 0 aliphatic heterocycles. The second-order valence-electron chi connectivity index (χ2n) is 9.18. The van der Waals surface area contributed by atoms with Gasteiger partial charge in [-0.3, -0.25) is 9.59 Å². The summed E-state index contributed by atoms with van der Waals surface area (Å²) in [6.45, 7) is 0. The second-order valence-corrected chi connectivity index (χ2v) is 9.18. The molecule has 4 aromatic rings. The highest BCUT2D eigenvalue weighted by Gasteiger charge is 2.15. The van der Waals surface area contributed by atoms with Crippen LogP contribution >= 0.6 is 0 Å².